The van der Waals surface area contributed by atoms with Crippen molar-refractivity contribution in [1.29, 1.82) is 0 Å². The second-order valence-electron chi connectivity index (χ2n) is 6.01. The number of benzene rings is 2. The van der Waals surface area contributed by atoms with Gasteiger partial charge in [0.2, 0.25) is 6.35 Å². The zero-order valence-electron chi connectivity index (χ0n) is 14.2. The van der Waals surface area contributed by atoms with Gasteiger partial charge >= 0.3 is 0 Å². The van der Waals surface area contributed by atoms with Crippen LogP contribution in [0.25, 0.3) is 0 Å². The van der Waals surface area contributed by atoms with Crippen LogP contribution >= 0.6 is 0 Å². The van der Waals surface area contributed by atoms with Gasteiger partial charge in [0.1, 0.15) is 0 Å². The topological polar surface area (TPSA) is 28.1 Å². The summed E-state index contributed by atoms with van der Waals surface area (Å²) in [6.45, 7) is 0. The standard InChI is InChI=1S/C21H21N3O/c1-25-21-23(18-13-7-3-8-14-18)20(17-11-5-2-6-12-17)22-24(21)19-15-9-4-10-16-19/h2,4-7,9-16,21H,3,8H2,1H3. The average molecular weight is 331 g/mol. The first-order chi connectivity index (χ1) is 12.4. The van der Waals surface area contributed by atoms with Gasteiger partial charge in [0.05, 0.1) is 5.69 Å². The fourth-order valence-electron chi connectivity index (χ4n) is 3.20. The van der Waals surface area contributed by atoms with Gasteiger partial charge in [-0.1, -0.05) is 60.7 Å². The highest BCUT2D eigenvalue weighted by molar-refractivity contribution is 6.02. The number of para-hydroxylation sites is 1. The van der Waals surface area contributed by atoms with Gasteiger partial charge in [-0.15, -0.1) is 5.10 Å². The highest BCUT2D eigenvalue weighted by Crippen LogP contribution is 2.31. The van der Waals surface area contributed by atoms with Crippen molar-refractivity contribution in [2.75, 3.05) is 12.1 Å². The largest absolute Gasteiger partial charge is 0.342 e. The van der Waals surface area contributed by atoms with Crippen LogP contribution in [0.2, 0.25) is 0 Å². The first kappa shape index (κ1) is 15.7. The van der Waals surface area contributed by atoms with Gasteiger partial charge in [-0.25, -0.2) is 5.01 Å². The molecule has 0 spiro atoms. The molecule has 0 amide bonds. The second-order valence-corrected chi connectivity index (χ2v) is 6.01. The van der Waals surface area contributed by atoms with Gasteiger partial charge in [0.25, 0.3) is 0 Å². The Morgan fingerprint density at radius 2 is 1.68 bits per heavy atom. The van der Waals surface area contributed by atoms with Crippen LogP contribution in [0.15, 0.2) is 89.7 Å². The molecule has 4 rings (SSSR count). The summed E-state index contributed by atoms with van der Waals surface area (Å²) in [5, 5.41) is 6.85. The quantitative estimate of drug-likeness (QED) is 0.834. The molecule has 0 N–H and O–H groups in total. The zero-order valence-corrected chi connectivity index (χ0v) is 14.2. The lowest BCUT2D eigenvalue weighted by Gasteiger charge is -2.31. The van der Waals surface area contributed by atoms with Crippen LogP contribution in [0, 0.1) is 0 Å². The van der Waals surface area contributed by atoms with Crippen molar-refractivity contribution in [3.63, 3.8) is 0 Å². The van der Waals surface area contributed by atoms with Crippen LogP contribution in [0.4, 0.5) is 5.69 Å². The van der Waals surface area contributed by atoms with Crippen LogP contribution in [0.5, 0.6) is 0 Å². The fraction of sp³-hybridized carbons (Fsp3) is 0.190. The molecule has 0 bridgehead atoms. The summed E-state index contributed by atoms with van der Waals surface area (Å²) >= 11 is 0. The SMILES string of the molecule is COC1N(C2=CCCC=C2)C(c2ccccc2)=NN1c1ccccc1. The predicted octanol–water partition coefficient (Wildman–Crippen LogP) is 4.33. The molecule has 2 aromatic carbocycles. The molecule has 126 valence electrons. The first-order valence-corrected chi connectivity index (χ1v) is 8.55. The van der Waals surface area contributed by atoms with Gasteiger partial charge < -0.3 is 4.74 Å². The molecule has 1 heterocycles. The Morgan fingerprint density at radius 1 is 0.960 bits per heavy atom. The number of amidine groups is 1. The Bertz CT molecular complexity index is 812. The molecule has 4 nitrogen and oxygen atoms in total. The Kier molecular flexibility index (Phi) is 4.36. The Labute approximate surface area is 148 Å². The molecule has 0 saturated carbocycles. The van der Waals surface area contributed by atoms with Crippen LogP contribution in [-0.2, 0) is 4.74 Å². The zero-order chi connectivity index (χ0) is 17.1. The summed E-state index contributed by atoms with van der Waals surface area (Å²) in [4.78, 5) is 2.16. The van der Waals surface area contributed by atoms with Gasteiger partial charge in [0, 0.05) is 18.4 Å². The van der Waals surface area contributed by atoms with E-state index in [1.54, 1.807) is 7.11 Å². The van der Waals surface area contributed by atoms with Gasteiger partial charge in [0.15, 0.2) is 5.84 Å². The van der Waals surface area contributed by atoms with E-state index in [1.165, 1.54) is 0 Å². The maximum atomic E-state index is 5.86. The molecule has 1 aliphatic carbocycles. The Balaban J connectivity index is 1.81. The van der Waals surface area contributed by atoms with Crippen molar-refractivity contribution in [2.24, 2.45) is 5.10 Å². The number of rotatable bonds is 4. The maximum absolute atomic E-state index is 5.86. The summed E-state index contributed by atoms with van der Waals surface area (Å²) in [7, 11) is 1.73. The molecule has 0 aromatic heterocycles. The Morgan fingerprint density at radius 3 is 2.32 bits per heavy atom. The lowest BCUT2D eigenvalue weighted by atomic mass is 10.1. The number of nitrogens with zero attached hydrogens (tertiary/aromatic N) is 3. The van der Waals surface area contributed by atoms with Crippen molar-refractivity contribution in [2.45, 2.75) is 19.2 Å². The molecular weight excluding hydrogens is 310 g/mol. The van der Waals surface area contributed by atoms with Gasteiger partial charge in [-0.05, 0) is 31.1 Å². The number of ether oxygens (including phenoxy) is 1. The predicted molar refractivity (Wildman–Crippen MR) is 101 cm³/mol. The molecular formula is C21H21N3O. The average Bonchev–Trinajstić information content (AvgIpc) is 3.09. The van der Waals surface area contributed by atoms with Crippen LogP contribution in [0.3, 0.4) is 0 Å². The molecule has 1 unspecified atom stereocenters. The van der Waals surface area contributed by atoms with Crippen molar-refractivity contribution in [3.05, 3.63) is 90.2 Å². The van der Waals surface area contributed by atoms with Crippen LogP contribution < -0.4 is 5.01 Å². The van der Waals surface area contributed by atoms with Crippen molar-refractivity contribution < 1.29 is 4.74 Å². The van der Waals surface area contributed by atoms with Crippen LogP contribution in [-0.4, -0.2) is 24.2 Å². The fourth-order valence-corrected chi connectivity index (χ4v) is 3.20. The van der Waals surface area contributed by atoms with Gasteiger partial charge in [-0.3, -0.25) is 4.90 Å². The number of anilines is 1. The van der Waals surface area contributed by atoms with E-state index in [2.05, 4.69) is 35.3 Å². The van der Waals surface area contributed by atoms with E-state index >= 15 is 0 Å². The lowest BCUT2D eigenvalue weighted by Crippen LogP contribution is -2.43. The van der Waals surface area contributed by atoms with Crippen LogP contribution in [0.1, 0.15) is 18.4 Å². The molecule has 0 fully saturated rings. The molecule has 2 aliphatic rings. The van der Waals surface area contributed by atoms with E-state index in [4.69, 9.17) is 9.84 Å². The minimum absolute atomic E-state index is 0.313. The lowest BCUT2D eigenvalue weighted by molar-refractivity contribution is 0.0343. The highest BCUT2D eigenvalue weighted by Gasteiger charge is 2.37. The number of hydrogen-bond donors (Lipinski definition) is 0. The van der Waals surface area contributed by atoms with Crippen molar-refractivity contribution in [1.82, 2.24) is 4.90 Å². The summed E-state index contributed by atoms with van der Waals surface area (Å²) in [6.07, 6.45) is 8.41. The third-order valence-corrected chi connectivity index (χ3v) is 4.38. The third kappa shape index (κ3) is 2.96. The van der Waals surface area contributed by atoms with E-state index in [0.717, 1.165) is 35.6 Å². The second kappa shape index (κ2) is 6.95. The van der Waals surface area contributed by atoms with Crippen molar-refractivity contribution in [3.8, 4) is 0 Å². The number of allylic oxidation sites excluding steroid dienone is 3. The molecule has 4 heteroatoms. The number of methoxy groups -OCH3 is 1. The first-order valence-electron chi connectivity index (χ1n) is 8.55. The Hall–Kier alpha value is -2.85. The van der Waals surface area contributed by atoms with Crippen molar-refractivity contribution >= 4 is 11.5 Å². The number of hydrogen-bond acceptors (Lipinski definition) is 4. The summed E-state index contributed by atoms with van der Waals surface area (Å²) in [5.41, 5.74) is 3.20. The molecule has 0 radical (unpaired) electrons. The monoisotopic (exact) mass is 331 g/mol. The molecule has 2 aromatic rings. The maximum Gasteiger partial charge on any atom is 0.235 e. The minimum Gasteiger partial charge on any atom is -0.342 e. The molecule has 25 heavy (non-hydrogen) atoms. The summed E-state index contributed by atoms with van der Waals surface area (Å²) in [5.74, 6) is 0.897. The third-order valence-electron chi connectivity index (χ3n) is 4.38. The molecule has 1 atom stereocenters. The van der Waals surface area contributed by atoms with E-state index in [0.29, 0.717) is 0 Å². The molecule has 0 saturated heterocycles. The van der Waals surface area contributed by atoms with E-state index < -0.39 is 0 Å². The smallest absolute Gasteiger partial charge is 0.235 e. The molecule has 1 aliphatic heterocycles. The van der Waals surface area contributed by atoms with E-state index in [1.807, 2.05) is 53.5 Å². The van der Waals surface area contributed by atoms with E-state index in [-0.39, 0.29) is 6.35 Å². The normalized spacial score (nSPS) is 19.8. The highest BCUT2D eigenvalue weighted by atomic mass is 16.5. The summed E-state index contributed by atoms with van der Waals surface area (Å²) in [6, 6.07) is 20.4. The van der Waals surface area contributed by atoms with Gasteiger partial charge in [-0.2, -0.15) is 0 Å². The van der Waals surface area contributed by atoms with E-state index in [9.17, 15) is 0 Å². The minimum atomic E-state index is -0.313. The summed E-state index contributed by atoms with van der Waals surface area (Å²) < 4.78 is 5.86. The number of hydrazone groups is 1.